The number of carbonyl (C=O) groups is 1. The number of pyridine rings is 1. The molecule has 0 aliphatic heterocycles. The van der Waals surface area contributed by atoms with Crippen molar-refractivity contribution >= 4 is 18.4 Å². The molecule has 100 valence electrons. The fourth-order valence-electron chi connectivity index (χ4n) is 1.96. The van der Waals surface area contributed by atoms with E-state index in [1.165, 1.54) is 0 Å². The van der Waals surface area contributed by atoms with Crippen molar-refractivity contribution in [3.63, 3.8) is 0 Å². The van der Waals surface area contributed by atoms with Gasteiger partial charge in [-0.1, -0.05) is 13.0 Å². The van der Waals surface area contributed by atoms with E-state index in [1.54, 1.807) is 6.20 Å². The van der Waals surface area contributed by atoms with Gasteiger partial charge in [-0.15, -0.1) is 0 Å². The highest BCUT2D eigenvalue weighted by Crippen LogP contribution is 2.12. The smallest absolute Gasteiger partial charge is 0.151 e. The maximum absolute atomic E-state index is 12.1. The van der Waals surface area contributed by atoms with Crippen molar-refractivity contribution in [2.75, 3.05) is 14.1 Å². The van der Waals surface area contributed by atoms with Crippen LogP contribution < -0.4 is 0 Å². The van der Waals surface area contributed by atoms with Crippen molar-refractivity contribution in [1.29, 1.82) is 0 Å². The van der Waals surface area contributed by atoms with Crippen molar-refractivity contribution in [2.24, 2.45) is 0 Å². The molecule has 0 spiro atoms. The van der Waals surface area contributed by atoms with E-state index in [2.05, 4.69) is 17.6 Å². The number of carbonyl (C=O) groups excluding carboxylic acids is 1. The maximum atomic E-state index is 12.1. The van der Waals surface area contributed by atoms with E-state index in [0.717, 1.165) is 18.5 Å². The number of hydrogen-bond donors (Lipinski definition) is 1. The fraction of sp³-hybridized carbons (Fsp3) is 0.571. The molecular weight excluding hydrogens is 244 g/mol. The Balaban J connectivity index is 2.56. The number of likely N-dealkylation sites (N-methyl/N-ethyl adjacent to an activating group) is 1. The average molecular weight is 266 g/mol. The Kier molecular flexibility index (Phi) is 6.36. The molecule has 0 amide bonds. The van der Waals surface area contributed by atoms with Crippen LogP contribution in [-0.2, 0) is 11.2 Å². The molecule has 0 saturated carbocycles. The van der Waals surface area contributed by atoms with Gasteiger partial charge in [0.15, 0.2) is 5.78 Å². The molecule has 4 heteroatoms. The van der Waals surface area contributed by atoms with Gasteiger partial charge in [-0.3, -0.25) is 14.7 Å². The Morgan fingerprint density at radius 3 is 2.67 bits per heavy atom. The summed E-state index contributed by atoms with van der Waals surface area (Å²) in [6, 6.07) is 5.84. The van der Waals surface area contributed by atoms with E-state index >= 15 is 0 Å². The van der Waals surface area contributed by atoms with Crippen LogP contribution in [0.15, 0.2) is 24.4 Å². The minimum absolute atomic E-state index is 0.0402. The van der Waals surface area contributed by atoms with Crippen molar-refractivity contribution in [3.8, 4) is 0 Å². The number of nitrogens with zero attached hydrogens (tertiary/aromatic N) is 2. The molecule has 0 fully saturated rings. The van der Waals surface area contributed by atoms with Crippen LogP contribution in [0.2, 0.25) is 0 Å². The lowest BCUT2D eigenvalue weighted by atomic mass is 10.0. The summed E-state index contributed by atoms with van der Waals surface area (Å²) in [6.45, 7) is 1.95. The summed E-state index contributed by atoms with van der Waals surface area (Å²) in [5.41, 5.74) is 1.04. The molecule has 0 N–H and O–H groups in total. The first-order chi connectivity index (χ1) is 8.50. The van der Waals surface area contributed by atoms with Crippen LogP contribution in [0.1, 0.15) is 25.5 Å². The van der Waals surface area contributed by atoms with E-state index in [-0.39, 0.29) is 17.1 Å². The second kappa shape index (κ2) is 7.54. The van der Waals surface area contributed by atoms with Crippen LogP contribution in [0.3, 0.4) is 0 Å². The van der Waals surface area contributed by atoms with Gasteiger partial charge < -0.3 is 0 Å². The van der Waals surface area contributed by atoms with E-state index in [9.17, 15) is 4.79 Å². The largest absolute Gasteiger partial charge is 0.300 e. The molecular formula is C14H22N2OS. The topological polar surface area (TPSA) is 33.2 Å². The van der Waals surface area contributed by atoms with E-state index < -0.39 is 0 Å². The molecule has 2 atom stereocenters. The molecule has 18 heavy (non-hydrogen) atoms. The monoisotopic (exact) mass is 266 g/mol. The molecule has 0 saturated heterocycles. The molecule has 1 heterocycles. The number of aromatic nitrogens is 1. The first kappa shape index (κ1) is 15.2. The second-order valence-electron chi connectivity index (χ2n) is 4.86. The molecule has 0 bridgehead atoms. The molecule has 1 rings (SSSR count). The van der Waals surface area contributed by atoms with E-state index in [4.69, 9.17) is 0 Å². The predicted octanol–water partition coefficient (Wildman–Crippen LogP) is 2.22. The average Bonchev–Trinajstić information content (AvgIpc) is 2.29. The number of ketones is 1. The number of aryl methyl sites for hydroxylation is 1. The zero-order valence-electron chi connectivity index (χ0n) is 11.3. The van der Waals surface area contributed by atoms with Crippen molar-refractivity contribution in [1.82, 2.24) is 9.88 Å². The number of thiol groups is 1. The summed E-state index contributed by atoms with van der Waals surface area (Å²) in [5, 5.41) is 0.120. The Hall–Kier alpha value is -0.870. The molecule has 1 aromatic heterocycles. The zero-order valence-corrected chi connectivity index (χ0v) is 12.2. The van der Waals surface area contributed by atoms with Crippen LogP contribution >= 0.6 is 12.6 Å². The van der Waals surface area contributed by atoms with Gasteiger partial charge in [0.2, 0.25) is 0 Å². The highest BCUT2D eigenvalue weighted by atomic mass is 32.1. The van der Waals surface area contributed by atoms with Crippen molar-refractivity contribution in [2.45, 2.75) is 37.5 Å². The number of Topliss-reactive ketones (excluding diaryl/α,β-unsaturated/α-hetero) is 1. The summed E-state index contributed by atoms with van der Waals surface area (Å²) in [4.78, 5) is 18.4. The Bertz CT molecular complexity index is 365. The summed E-state index contributed by atoms with van der Waals surface area (Å²) in [6.07, 6.45) is 3.95. The maximum Gasteiger partial charge on any atom is 0.151 e. The molecule has 0 aromatic carbocycles. The van der Waals surface area contributed by atoms with Crippen LogP contribution in [-0.4, -0.2) is 41.1 Å². The number of hydrogen-bond acceptors (Lipinski definition) is 4. The van der Waals surface area contributed by atoms with Crippen LogP contribution in [0.4, 0.5) is 0 Å². The van der Waals surface area contributed by atoms with Crippen LogP contribution in [0.25, 0.3) is 0 Å². The summed E-state index contributed by atoms with van der Waals surface area (Å²) in [7, 11) is 3.90. The third-order valence-corrected chi connectivity index (χ3v) is 3.07. The Labute approximate surface area is 115 Å². The standard InChI is InChI=1S/C14H22N2OS/c1-11(18)10-14(17)13(16(2)3)8-7-12-6-4-5-9-15-12/h4-6,9,11,13,18H,7-8,10H2,1-3H3/t11?,13-/m0/s1. The minimum Gasteiger partial charge on any atom is -0.300 e. The SMILES string of the molecule is CC(S)CC(=O)[C@H](CCc1ccccn1)N(C)C. The third kappa shape index (κ3) is 5.19. The quantitative estimate of drug-likeness (QED) is 0.768. The first-order valence-corrected chi connectivity index (χ1v) is 6.79. The molecule has 3 nitrogen and oxygen atoms in total. The Morgan fingerprint density at radius 2 is 2.17 bits per heavy atom. The fourth-order valence-corrected chi connectivity index (χ4v) is 2.14. The predicted molar refractivity (Wildman–Crippen MR) is 78.1 cm³/mol. The van der Waals surface area contributed by atoms with Gasteiger partial charge in [0, 0.05) is 23.6 Å². The third-order valence-electron chi connectivity index (χ3n) is 2.89. The summed E-state index contributed by atoms with van der Waals surface area (Å²) < 4.78 is 0. The normalized spacial score (nSPS) is 14.5. The molecule has 0 aliphatic carbocycles. The minimum atomic E-state index is -0.0402. The van der Waals surface area contributed by atoms with Crippen molar-refractivity contribution in [3.05, 3.63) is 30.1 Å². The van der Waals surface area contributed by atoms with Crippen LogP contribution in [0.5, 0.6) is 0 Å². The Morgan fingerprint density at radius 1 is 1.44 bits per heavy atom. The zero-order chi connectivity index (χ0) is 13.5. The van der Waals surface area contributed by atoms with Gasteiger partial charge in [0.25, 0.3) is 0 Å². The highest BCUT2D eigenvalue weighted by Gasteiger charge is 2.21. The second-order valence-corrected chi connectivity index (χ2v) is 5.74. The lowest BCUT2D eigenvalue weighted by molar-refractivity contribution is -0.123. The summed E-state index contributed by atoms with van der Waals surface area (Å²) in [5.74, 6) is 0.262. The van der Waals surface area contributed by atoms with Gasteiger partial charge in [0.05, 0.1) is 6.04 Å². The van der Waals surface area contributed by atoms with Crippen LogP contribution in [0, 0.1) is 0 Å². The van der Waals surface area contributed by atoms with Gasteiger partial charge in [-0.2, -0.15) is 12.6 Å². The van der Waals surface area contributed by atoms with Gasteiger partial charge in [-0.25, -0.2) is 0 Å². The molecule has 0 radical (unpaired) electrons. The van der Waals surface area contributed by atoms with Gasteiger partial charge >= 0.3 is 0 Å². The van der Waals surface area contributed by atoms with Gasteiger partial charge in [-0.05, 0) is 39.1 Å². The van der Waals surface area contributed by atoms with Gasteiger partial charge in [0.1, 0.15) is 0 Å². The first-order valence-electron chi connectivity index (χ1n) is 6.28. The van der Waals surface area contributed by atoms with E-state index in [1.807, 2.05) is 44.1 Å². The lowest BCUT2D eigenvalue weighted by Crippen LogP contribution is -2.37. The molecule has 1 unspecified atom stereocenters. The number of rotatable bonds is 7. The van der Waals surface area contributed by atoms with Crippen molar-refractivity contribution < 1.29 is 4.79 Å². The molecule has 0 aliphatic rings. The lowest BCUT2D eigenvalue weighted by Gasteiger charge is -2.23. The highest BCUT2D eigenvalue weighted by molar-refractivity contribution is 7.80. The molecule has 1 aromatic rings. The summed E-state index contributed by atoms with van der Waals surface area (Å²) >= 11 is 4.29. The van der Waals surface area contributed by atoms with E-state index in [0.29, 0.717) is 6.42 Å².